The zero-order valence-electron chi connectivity index (χ0n) is 12.0. The average molecular weight is 285 g/mol. The monoisotopic (exact) mass is 284 g/mol. The number of aliphatic hydroxyl groups excluding tert-OH is 1. The molecule has 0 spiro atoms. The third kappa shape index (κ3) is 3.96. The van der Waals surface area contributed by atoms with Crippen LogP contribution in [-0.4, -0.2) is 21.0 Å². The van der Waals surface area contributed by atoms with Crippen LogP contribution < -0.4 is 0 Å². The van der Waals surface area contributed by atoms with Crippen molar-refractivity contribution in [2.45, 2.75) is 64.4 Å². The van der Waals surface area contributed by atoms with E-state index in [-0.39, 0.29) is 6.10 Å². The van der Waals surface area contributed by atoms with Crippen molar-refractivity contribution in [3.63, 3.8) is 0 Å². The van der Waals surface area contributed by atoms with Gasteiger partial charge in [-0.15, -0.1) is 0 Å². The lowest BCUT2D eigenvalue weighted by atomic mass is 9.91. The molecule has 1 heterocycles. The third-order valence-electron chi connectivity index (χ3n) is 4.29. The Hall–Kier alpha value is -0.540. The molecule has 1 N–H and O–H groups in total. The lowest BCUT2D eigenvalue weighted by Gasteiger charge is -2.18. The number of aryl methyl sites for hydroxylation is 2. The van der Waals surface area contributed by atoms with Gasteiger partial charge in [0.1, 0.15) is 5.15 Å². The largest absolute Gasteiger partial charge is 0.393 e. The maximum Gasteiger partial charge on any atom is 0.130 e. The number of halogens is 1. The van der Waals surface area contributed by atoms with Gasteiger partial charge < -0.3 is 5.11 Å². The molecule has 108 valence electrons. The van der Waals surface area contributed by atoms with Gasteiger partial charge in [0.15, 0.2) is 0 Å². The summed E-state index contributed by atoms with van der Waals surface area (Å²) in [5, 5.41) is 15.3. The molecule has 1 saturated carbocycles. The number of hydrogen-bond acceptors (Lipinski definition) is 2. The van der Waals surface area contributed by atoms with E-state index >= 15 is 0 Å². The minimum absolute atomic E-state index is 0.288. The van der Waals surface area contributed by atoms with Crippen LogP contribution >= 0.6 is 11.6 Å². The highest BCUT2D eigenvalue weighted by molar-refractivity contribution is 6.30. The minimum atomic E-state index is -0.288. The summed E-state index contributed by atoms with van der Waals surface area (Å²) in [6.45, 7) is 1.96. The lowest BCUT2D eigenvalue weighted by molar-refractivity contribution is 0.137. The quantitative estimate of drug-likeness (QED) is 0.857. The lowest BCUT2D eigenvalue weighted by Crippen LogP contribution is -2.16. The summed E-state index contributed by atoms with van der Waals surface area (Å²) in [5.74, 6) is 0.688. The Labute approximate surface area is 121 Å². The van der Waals surface area contributed by atoms with Crippen LogP contribution in [0.1, 0.15) is 56.2 Å². The van der Waals surface area contributed by atoms with Crippen LogP contribution in [0, 0.1) is 12.8 Å². The van der Waals surface area contributed by atoms with Crippen molar-refractivity contribution in [3.05, 3.63) is 16.4 Å². The van der Waals surface area contributed by atoms with E-state index in [9.17, 15) is 5.11 Å². The molecule has 1 unspecified atom stereocenters. The Morgan fingerprint density at radius 2 is 1.95 bits per heavy atom. The zero-order valence-corrected chi connectivity index (χ0v) is 12.8. The molecule has 1 fully saturated rings. The van der Waals surface area contributed by atoms with E-state index in [4.69, 9.17) is 11.6 Å². The van der Waals surface area contributed by atoms with Crippen molar-refractivity contribution in [3.8, 4) is 0 Å². The van der Waals surface area contributed by atoms with Gasteiger partial charge in [0.2, 0.25) is 0 Å². The molecule has 0 aromatic carbocycles. The summed E-state index contributed by atoms with van der Waals surface area (Å²) in [6.07, 6.45) is 9.17. The highest BCUT2D eigenvalue weighted by atomic mass is 35.5. The zero-order chi connectivity index (χ0) is 13.8. The van der Waals surface area contributed by atoms with Crippen LogP contribution in [0.5, 0.6) is 0 Å². The average Bonchev–Trinajstić information content (AvgIpc) is 2.60. The van der Waals surface area contributed by atoms with Crippen molar-refractivity contribution in [1.29, 1.82) is 0 Å². The van der Waals surface area contributed by atoms with Crippen molar-refractivity contribution < 1.29 is 5.11 Å². The summed E-state index contributed by atoms with van der Waals surface area (Å²) in [7, 11) is 1.84. The Morgan fingerprint density at radius 3 is 2.47 bits per heavy atom. The van der Waals surface area contributed by atoms with Crippen LogP contribution in [0.15, 0.2) is 0 Å². The summed E-state index contributed by atoms with van der Waals surface area (Å²) < 4.78 is 1.69. The normalized spacial score (nSPS) is 19.4. The second-order valence-electron chi connectivity index (χ2n) is 5.93. The van der Waals surface area contributed by atoms with Crippen molar-refractivity contribution >= 4 is 11.6 Å². The number of aromatic nitrogens is 2. The van der Waals surface area contributed by atoms with E-state index in [1.165, 1.54) is 38.5 Å². The second kappa shape index (κ2) is 6.76. The van der Waals surface area contributed by atoms with Crippen LogP contribution in [0.2, 0.25) is 5.15 Å². The van der Waals surface area contributed by atoms with Crippen LogP contribution in [-0.2, 0) is 13.5 Å². The van der Waals surface area contributed by atoms with Crippen LogP contribution in [0.3, 0.4) is 0 Å². The van der Waals surface area contributed by atoms with Gasteiger partial charge in [-0.05, 0) is 19.3 Å². The topological polar surface area (TPSA) is 38.0 Å². The first kappa shape index (κ1) is 14.9. The summed E-state index contributed by atoms with van der Waals surface area (Å²) in [6, 6.07) is 0. The van der Waals surface area contributed by atoms with E-state index in [1.807, 2.05) is 14.0 Å². The number of hydrogen-bond donors (Lipinski definition) is 1. The summed E-state index contributed by atoms with van der Waals surface area (Å²) in [5.41, 5.74) is 1.94. The molecule has 0 bridgehead atoms. The fourth-order valence-corrected chi connectivity index (χ4v) is 3.46. The Morgan fingerprint density at radius 1 is 1.32 bits per heavy atom. The molecule has 0 radical (unpaired) electrons. The molecule has 4 heteroatoms. The van der Waals surface area contributed by atoms with Gasteiger partial charge in [0.05, 0.1) is 11.8 Å². The third-order valence-corrected chi connectivity index (χ3v) is 4.76. The molecule has 3 nitrogen and oxygen atoms in total. The fraction of sp³-hybridized carbons (Fsp3) is 0.800. The standard InChI is InChI=1S/C15H25ClN2O/c1-11-14(15(16)18(2)17-11)10-13(19)9-12-7-5-3-4-6-8-12/h12-13,19H,3-10H2,1-2H3. The Bertz CT molecular complexity index is 409. The van der Waals surface area contributed by atoms with Gasteiger partial charge in [-0.2, -0.15) is 5.10 Å². The molecule has 1 aromatic rings. The van der Waals surface area contributed by atoms with Gasteiger partial charge in [0, 0.05) is 19.0 Å². The number of rotatable bonds is 4. The second-order valence-corrected chi connectivity index (χ2v) is 6.29. The highest BCUT2D eigenvalue weighted by Gasteiger charge is 2.20. The summed E-state index contributed by atoms with van der Waals surface area (Å²) in [4.78, 5) is 0. The number of aliphatic hydroxyl groups is 1. The van der Waals surface area contributed by atoms with Crippen molar-refractivity contribution in [2.75, 3.05) is 0 Å². The molecule has 2 rings (SSSR count). The fourth-order valence-electron chi connectivity index (χ4n) is 3.21. The molecular weight excluding hydrogens is 260 g/mol. The van der Waals surface area contributed by atoms with E-state index in [0.717, 1.165) is 17.7 Å². The molecule has 1 aliphatic carbocycles. The van der Waals surface area contributed by atoms with E-state index in [0.29, 0.717) is 17.5 Å². The molecular formula is C15H25ClN2O. The summed E-state index contributed by atoms with van der Waals surface area (Å²) >= 11 is 6.22. The van der Waals surface area contributed by atoms with Gasteiger partial charge in [0.25, 0.3) is 0 Å². The highest BCUT2D eigenvalue weighted by Crippen LogP contribution is 2.28. The molecule has 1 aromatic heterocycles. The molecule has 19 heavy (non-hydrogen) atoms. The molecule has 0 amide bonds. The smallest absolute Gasteiger partial charge is 0.130 e. The maximum atomic E-state index is 10.3. The maximum absolute atomic E-state index is 10.3. The molecule has 0 aliphatic heterocycles. The predicted octanol–water partition coefficient (Wildman–Crippen LogP) is 3.65. The van der Waals surface area contributed by atoms with Gasteiger partial charge in [-0.3, -0.25) is 4.68 Å². The van der Waals surface area contributed by atoms with Gasteiger partial charge in [-0.1, -0.05) is 50.1 Å². The minimum Gasteiger partial charge on any atom is -0.393 e. The van der Waals surface area contributed by atoms with Crippen LogP contribution in [0.25, 0.3) is 0 Å². The van der Waals surface area contributed by atoms with E-state index in [1.54, 1.807) is 4.68 Å². The van der Waals surface area contributed by atoms with E-state index < -0.39 is 0 Å². The first-order valence-electron chi connectivity index (χ1n) is 7.44. The first-order chi connectivity index (χ1) is 9.08. The number of nitrogens with zero attached hydrogens (tertiary/aromatic N) is 2. The first-order valence-corrected chi connectivity index (χ1v) is 7.81. The van der Waals surface area contributed by atoms with Crippen LogP contribution in [0.4, 0.5) is 0 Å². The Balaban J connectivity index is 1.91. The SMILES string of the molecule is Cc1nn(C)c(Cl)c1CC(O)CC1CCCCCC1. The molecule has 1 aliphatic rings. The van der Waals surface area contributed by atoms with E-state index in [2.05, 4.69) is 5.10 Å². The van der Waals surface area contributed by atoms with Gasteiger partial charge >= 0.3 is 0 Å². The molecule has 0 saturated heterocycles. The van der Waals surface area contributed by atoms with Crippen molar-refractivity contribution in [1.82, 2.24) is 9.78 Å². The van der Waals surface area contributed by atoms with Gasteiger partial charge in [-0.25, -0.2) is 0 Å². The molecule has 1 atom stereocenters. The predicted molar refractivity (Wildman–Crippen MR) is 78.5 cm³/mol. The van der Waals surface area contributed by atoms with Crippen molar-refractivity contribution in [2.24, 2.45) is 13.0 Å². The Kier molecular flexibility index (Phi) is 5.28.